The minimum atomic E-state index is -3.80. The molecule has 37 heavy (non-hydrogen) atoms. The van der Waals surface area contributed by atoms with Gasteiger partial charge in [0.1, 0.15) is 12.6 Å². The van der Waals surface area contributed by atoms with E-state index in [0.717, 1.165) is 16.1 Å². The SMILES string of the molecule is CC[C@H](C(=O)NC(C)(C)C)N(Cc1ccccc1Cl)C(=O)CN(c1ccc(C(C)(C)C)cc1)S(C)(=O)=O. The van der Waals surface area contributed by atoms with Gasteiger partial charge < -0.3 is 10.2 Å². The van der Waals surface area contributed by atoms with Gasteiger partial charge in [0.2, 0.25) is 21.8 Å². The van der Waals surface area contributed by atoms with Crippen molar-refractivity contribution in [2.45, 2.75) is 78.4 Å². The Bertz CT molecular complexity index is 1200. The van der Waals surface area contributed by atoms with Crippen LogP contribution in [0.3, 0.4) is 0 Å². The van der Waals surface area contributed by atoms with E-state index in [1.54, 1.807) is 36.4 Å². The number of hydrogen-bond donors (Lipinski definition) is 1. The first-order valence-corrected chi connectivity index (χ1v) is 14.6. The summed E-state index contributed by atoms with van der Waals surface area (Å²) in [5, 5.41) is 3.41. The van der Waals surface area contributed by atoms with Gasteiger partial charge in [-0.25, -0.2) is 8.42 Å². The molecule has 0 fully saturated rings. The average molecular weight is 550 g/mol. The molecule has 0 aliphatic carbocycles. The fraction of sp³-hybridized carbons (Fsp3) is 0.500. The van der Waals surface area contributed by atoms with Crippen LogP contribution in [0.25, 0.3) is 0 Å². The maximum atomic E-state index is 13.8. The van der Waals surface area contributed by atoms with Crippen molar-refractivity contribution in [2.24, 2.45) is 0 Å². The number of benzene rings is 2. The maximum absolute atomic E-state index is 13.8. The fourth-order valence-corrected chi connectivity index (χ4v) is 4.97. The molecule has 204 valence electrons. The molecule has 2 rings (SSSR count). The van der Waals surface area contributed by atoms with E-state index in [-0.39, 0.29) is 17.9 Å². The number of amides is 2. The number of rotatable bonds is 9. The summed E-state index contributed by atoms with van der Waals surface area (Å²) >= 11 is 6.39. The summed E-state index contributed by atoms with van der Waals surface area (Å²) < 4.78 is 26.7. The zero-order chi connectivity index (χ0) is 28.2. The molecule has 9 heteroatoms. The van der Waals surface area contributed by atoms with Crippen LogP contribution in [0.4, 0.5) is 5.69 Å². The minimum absolute atomic E-state index is 0.0646. The molecule has 0 saturated heterocycles. The van der Waals surface area contributed by atoms with Crippen LogP contribution in [0, 0.1) is 0 Å². The van der Waals surface area contributed by atoms with Crippen molar-refractivity contribution in [2.75, 3.05) is 17.1 Å². The lowest BCUT2D eigenvalue weighted by Crippen LogP contribution is -2.55. The lowest BCUT2D eigenvalue weighted by molar-refractivity contribution is -0.141. The number of carbonyl (C=O) groups excluding carboxylic acids is 2. The first-order chi connectivity index (χ1) is 16.9. The van der Waals surface area contributed by atoms with Gasteiger partial charge in [0.25, 0.3) is 0 Å². The summed E-state index contributed by atoms with van der Waals surface area (Å²) in [6, 6.07) is 13.4. The van der Waals surface area contributed by atoms with Crippen LogP contribution in [0.1, 0.15) is 66.0 Å². The highest BCUT2D eigenvalue weighted by atomic mass is 35.5. The Hall–Kier alpha value is -2.58. The second-order valence-corrected chi connectivity index (χ2v) is 13.7. The number of nitrogens with zero attached hydrogens (tertiary/aromatic N) is 2. The van der Waals surface area contributed by atoms with E-state index >= 15 is 0 Å². The number of sulfonamides is 1. The van der Waals surface area contributed by atoms with E-state index in [1.165, 1.54) is 4.90 Å². The summed E-state index contributed by atoms with van der Waals surface area (Å²) in [5.74, 6) is -0.808. The predicted molar refractivity (Wildman–Crippen MR) is 151 cm³/mol. The number of nitrogens with one attached hydrogen (secondary N) is 1. The predicted octanol–water partition coefficient (Wildman–Crippen LogP) is 5.13. The Labute approximate surface area is 227 Å². The highest BCUT2D eigenvalue weighted by Gasteiger charge is 2.33. The average Bonchev–Trinajstić information content (AvgIpc) is 2.76. The molecule has 1 N–H and O–H groups in total. The van der Waals surface area contributed by atoms with Gasteiger partial charge in [0, 0.05) is 17.1 Å². The molecule has 2 aromatic carbocycles. The van der Waals surface area contributed by atoms with Crippen LogP contribution < -0.4 is 9.62 Å². The molecule has 0 aromatic heterocycles. The summed E-state index contributed by atoms with van der Waals surface area (Å²) in [5.41, 5.74) is 1.48. The quantitative estimate of drug-likeness (QED) is 0.470. The zero-order valence-corrected chi connectivity index (χ0v) is 24.7. The van der Waals surface area contributed by atoms with Crippen LogP contribution in [-0.4, -0.2) is 49.5 Å². The Balaban J connectivity index is 2.48. The molecule has 0 unspecified atom stereocenters. The van der Waals surface area contributed by atoms with Gasteiger partial charge in [0.05, 0.1) is 11.9 Å². The van der Waals surface area contributed by atoms with Gasteiger partial charge in [-0.05, 0) is 61.9 Å². The van der Waals surface area contributed by atoms with Crippen molar-refractivity contribution in [3.8, 4) is 0 Å². The van der Waals surface area contributed by atoms with E-state index < -0.39 is 34.1 Å². The van der Waals surface area contributed by atoms with Gasteiger partial charge in [-0.3, -0.25) is 13.9 Å². The van der Waals surface area contributed by atoms with Gasteiger partial charge in [-0.1, -0.05) is 69.6 Å². The lowest BCUT2D eigenvalue weighted by atomic mass is 9.87. The first kappa shape index (κ1) is 30.6. The molecule has 0 bridgehead atoms. The third-order valence-corrected chi connectivity index (χ3v) is 7.39. The maximum Gasteiger partial charge on any atom is 0.244 e. The van der Waals surface area contributed by atoms with Crippen LogP contribution in [-0.2, 0) is 31.6 Å². The summed E-state index contributed by atoms with van der Waals surface area (Å²) in [7, 11) is -3.80. The third-order valence-electron chi connectivity index (χ3n) is 5.88. The molecule has 7 nitrogen and oxygen atoms in total. The molecular weight excluding hydrogens is 510 g/mol. The second-order valence-electron chi connectivity index (χ2n) is 11.3. The largest absolute Gasteiger partial charge is 0.350 e. The molecule has 0 saturated carbocycles. The van der Waals surface area contributed by atoms with Crippen molar-refractivity contribution in [1.82, 2.24) is 10.2 Å². The molecule has 0 heterocycles. The van der Waals surface area contributed by atoms with E-state index in [9.17, 15) is 18.0 Å². The monoisotopic (exact) mass is 549 g/mol. The van der Waals surface area contributed by atoms with Crippen molar-refractivity contribution in [1.29, 1.82) is 0 Å². The topological polar surface area (TPSA) is 86.8 Å². The Morgan fingerprint density at radius 2 is 1.54 bits per heavy atom. The molecule has 0 aliphatic rings. The van der Waals surface area contributed by atoms with E-state index in [1.807, 2.05) is 39.8 Å². The van der Waals surface area contributed by atoms with Gasteiger partial charge in [-0.15, -0.1) is 0 Å². The second kappa shape index (κ2) is 11.9. The molecule has 2 aromatic rings. The standard InChI is InChI=1S/C28H40ClN3O4S/c1-9-24(26(34)30-28(5,6)7)31(18-20-12-10-11-13-23(20)29)25(33)19-32(37(8,35)36)22-16-14-21(15-17-22)27(2,3)4/h10-17,24H,9,18-19H2,1-8H3,(H,30,34)/t24-/m1/s1. The molecule has 1 atom stereocenters. The van der Waals surface area contributed by atoms with E-state index in [4.69, 9.17) is 11.6 Å². The molecule has 0 spiro atoms. The van der Waals surface area contributed by atoms with Crippen molar-refractivity contribution < 1.29 is 18.0 Å². The Kier molecular flexibility index (Phi) is 9.82. The minimum Gasteiger partial charge on any atom is -0.350 e. The Morgan fingerprint density at radius 1 is 0.973 bits per heavy atom. The van der Waals surface area contributed by atoms with Crippen molar-refractivity contribution >= 4 is 39.1 Å². The molecule has 0 radical (unpaired) electrons. The van der Waals surface area contributed by atoms with E-state index in [0.29, 0.717) is 22.7 Å². The van der Waals surface area contributed by atoms with Crippen molar-refractivity contribution in [3.63, 3.8) is 0 Å². The fourth-order valence-electron chi connectivity index (χ4n) is 3.92. The zero-order valence-electron chi connectivity index (χ0n) is 23.1. The summed E-state index contributed by atoms with van der Waals surface area (Å²) in [4.78, 5) is 28.4. The van der Waals surface area contributed by atoms with E-state index in [2.05, 4.69) is 26.1 Å². The molecule has 0 aliphatic heterocycles. The van der Waals surface area contributed by atoms with Crippen LogP contribution in [0.15, 0.2) is 48.5 Å². The highest BCUT2D eigenvalue weighted by Crippen LogP contribution is 2.27. The number of anilines is 1. The van der Waals surface area contributed by atoms with Gasteiger partial charge in [0.15, 0.2) is 0 Å². The van der Waals surface area contributed by atoms with Gasteiger partial charge in [-0.2, -0.15) is 0 Å². The number of carbonyl (C=O) groups is 2. The number of halogens is 1. The first-order valence-electron chi connectivity index (χ1n) is 12.4. The lowest BCUT2D eigenvalue weighted by Gasteiger charge is -2.34. The van der Waals surface area contributed by atoms with Crippen LogP contribution in [0.2, 0.25) is 5.02 Å². The summed E-state index contributed by atoms with van der Waals surface area (Å²) in [6.07, 6.45) is 1.41. The van der Waals surface area contributed by atoms with Crippen LogP contribution in [0.5, 0.6) is 0 Å². The smallest absolute Gasteiger partial charge is 0.244 e. The third kappa shape index (κ3) is 8.75. The van der Waals surface area contributed by atoms with Crippen molar-refractivity contribution in [3.05, 3.63) is 64.7 Å². The number of hydrogen-bond acceptors (Lipinski definition) is 4. The van der Waals surface area contributed by atoms with Gasteiger partial charge >= 0.3 is 0 Å². The molecule has 2 amide bonds. The highest BCUT2D eigenvalue weighted by molar-refractivity contribution is 7.92. The van der Waals surface area contributed by atoms with Crippen LogP contribution >= 0.6 is 11.6 Å². The Morgan fingerprint density at radius 3 is 2.00 bits per heavy atom. The molecular formula is C28H40ClN3O4S. The summed E-state index contributed by atoms with van der Waals surface area (Å²) in [6.45, 7) is 13.2. The normalized spacial score (nSPS) is 13.1.